The summed E-state index contributed by atoms with van der Waals surface area (Å²) in [5, 5.41) is 25.8. The quantitative estimate of drug-likeness (QED) is 0.198. The van der Waals surface area contributed by atoms with Gasteiger partial charge in [0, 0.05) is 17.7 Å². The molecule has 6 aliphatic heterocycles. The van der Waals surface area contributed by atoms with E-state index in [9.17, 15) is 24.6 Å². The zero-order valence-corrected chi connectivity index (χ0v) is 33.6. The van der Waals surface area contributed by atoms with Crippen molar-refractivity contribution in [3.05, 3.63) is 112 Å². The number of carbonyl (C=O) groups is 3. The van der Waals surface area contributed by atoms with Crippen LogP contribution in [0.25, 0.3) is 5.57 Å². The highest BCUT2D eigenvalue weighted by atomic mass is 35.5. The SMILES string of the molecule is C=C1Oc2cc(OC)cc(C(=O)O[C@H]3COC(=O)C[C@H](N)c4ccc(c(Cl)c4)O[C@@H]4c5ccc3cc5C3=CC=C[C@@]34O[C@@H]3OC(C)(C)[C@@H](N(C)C)[C@@H](O)[C@H]3O)c2NC1=O. The summed E-state index contributed by atoms with van der Waals surface area (Å²) in [7, 11) is 5.00. The average Bonchev–Trinajstić information content (AvgIpc) is 3.70. The van der Waals surface area contributed by atoms with Gasteiger partial charge in [0.25, 0.3) is 5.91 Å². The van der Waals surface area contributed by atoms with Gasteiger partial charge in [0.05, 0.1) is 41.4 Å². The molecule has 11 rings (SSSR count). The second-order valence-corrected chi connectivity index (χ2v) is 16.2. The van der Waals surface area contributed by atoms with Crippen LogP contribution in [0.4, 0.5) is 5.69 Å². The Bertz CT molecular complexity index is 2330. The number of anilines is 1. The van der Waals surface area contributed by atoms with Gasteiger partial charge in [0.15, 0.2) is 35.6 Å². The number of nitrogens with two attached hydrogens (primary N) is 1. The Hall–Kier alpha value is -5.26. The Labute approximate surface area is 344 Å². The molecule has 5 N–H and O–H groups in total. The molecular formula is C43H44ClN3O12. The van der Waals surface area contributed by atoms with Gasteiger partial charge in [0.1, 0.15) is 30.3 Å². The van der Waals surface area contributed by atoms with Crippen LogP contribution < -0.4 is 25.3 Å². The molecule has 0 unspecified atom stereocenters. The average molecular weight is 830 g/mol. The van der Waals surface area contributed by atoms with Crippen molar-refractivity contribution in [1.82, 2.24) is 4.90 Å². The number of benzene rings is 3. The van der Waals surface area contributed by atoms with E-state index in [1.807, 2.05) is 19.9 Å². The van der Waals surface area contributed by atoms with Crippen molar-refractivity contribution in [2.75, 3.05) is 33.1 Å². The van der Waals surface area contributed by atoms with Gasteiger partial charge in [-0.3, -0.25) is 9.59 Å². The molecule has 15 nitrogen and oxygen atoms in total. The normalized spacial score (nSPS) is 29.2. The monoisotopic (exact) mass is 829 g/mol. The largest absolute Gasteiger partial charge is 0.497 e. The molecule has 0 saturated carbocycles. The van der Waals surface area contributed by atoms with Gasteiger partial charge in [-0.15, -0.1) is 0 Å². The van der Waals surface area contributed by atoms with Crippen molar-refractivity contribution < 1.29 is 57.8 Å². The third kappa shape index (κ3) is 7.05. The summed E-state index contributed by atoms with van der Waals surface area (Å²) in [6, 6.07) is 11.7. The summed E-state index contributed by atoms with van der Waals surface area (Å²) < 4.78 is 42.9. The molecule has 0 aromatic heterocycles. The lowest BCUT2D eigenvalue weighted by molar-refractivity contribution is -0.329. The zero-order chi connectivity index (χ0) is 42.1. The van der Waals surface area contributed by atoms with Gasteiger partial charge in [-0.1, -0.05) is 48.5 Å². The minimum atomic E-state index is -1.46. The third-order valence-electron chi connectivity index (χ3n) is 11.3. The van der Waals surface area contributed by atoms with Crippen LogP contribution in [-0.4, -0.2) is 96.5 Å². The van der Waals surface area contributed by atoms with E-state index in [1.54, 1.807) is 67.5 Å². The smallest absolute Gasteiger partial charge is 0.341 e. The summed E-state index contributed by atoms with van der Waals surface area (Å²) in [4.78, 5) is 41.7. The molecule has 3 aromatic carbocycles. The van der Waals surface area contributed by atoms with E-state index in [2.05, 4.69) is 11.9 Å². The highest BCUT2D eigenvalue weighted by Gasteiger charge is 2.58. The van der Waals surface area contributed by atoms with Gasteiger partial charge in [0.2, 0.25) is 0 Å². The molecule has 310 valence electrons. The Kier molecular flexibility index (Phi) is 10.4. The number of fused-ring (bicyclic) bond motifs is 2. The Morgan fingerprint density at radius 1 is 1.05 bits per heavy atom. The highest BCUT2D eigenvalue weighted by molar-refractivity contribution is 6.32. The van der Waals surface area contributed by atoms with E-state index in [0.717, 1.165) is 0 Å². The van der Waals surface area contributed by atoms with Crippen LogP contribution in [0, 0.1) is 0 Å². The number of esters is 2. The minimum absolute atomic E-state index is 0.0455. The van der Waals surface area contributed by atoms with E-state index in [4.69, 9.17) is 50.5 Å². The number of aliphatic hydroxyl groups is 2. The van der Waals surface area contributed by atoms with Crippen molar-refractivity contribution in [1.29, 1.82) is 0 Å². The first-order chi connectivity index (χ1) is 28.0. The molecule has 1 amide bonds. The Morgan fingerprint density at radius 3 is 2.54 bits per heavy atom. The number of aliphatic hydroxyl groups excluding tert-OH is 2. The fourth-order valence-electron chi connectivity index (χ4n) is 8.56. The topological polar surface area (TPSA) is 198 Å². The van der Waals surface area contributed by atoms with Crippen LogP contribution in [0.2, 0.25) is 5.02 Å². The van der Waals surface area contributed by atoms with Crippen LogP contribution in [0.1, 0.15) is 71.1 Å². The molecule has 1 saturated heterocycles. The molecule has 59 heavy (non-hydrogen) atoms. The second-order valence-electron chi connectivity index (χ2n) is 15.8. The molecule has 8 aliphatic rings. The number of halogens is 1. The molecular weight excluding hydrogens is 786 g/mol. The molecule has 0 spiro atoms. The van der Waals surface area contributed by atoms with Crippen molar-refractivity contribution in [2.24, 2.45) is 5.73 Å². The van der Waals surface area contributed by atoms with Crippen molar-refractivity contribution in [3.63, 3.8) is 0 Å². The number of nitrogens with zero attached hydrogens (tertiary/aromatic N) is 1. The zero-order valence-electron chi connectivity index (χ0n) is 32.9. The van der Waals surface area contributed by atoms with E-state index < -0.39 is 78.4 Å². The van der Waals surface area contributed by atoms with Gasteiger partial charge in [-0.25, -0.2) is 4.79 Å². The molecule has 2 aliphatic carbocycles. The minimum Gasteiger partial charge on any atom is -0.497 e. The summed E-state index contributed by atoms with van der Waals surface area (Å²) in [5.41, 5.74) is 6.86. The van der Waals surface area contributed by atoms with Gasteiger partial charge >= 0.3 is 11.9 Å². The lowest BCUT2D eigenvalue weighted by Crippen LogP contribution is -2.67. The number of amides is 1. The number of hydrogen-bond acceptors (Lipinski definition) is 14. The second kappa shape index (κ2) is 15.1. The molecule has 0 radical (unpaired) electrons. The summed E-state index contributed by atoms with van der Waals surface area (Å²) in [5.74, 6) is -1.73. The maximum absolute atomic E-state index is 14.1. The van der Waals surface area contributed by atoms with Gasteiger partial charge in [-0.2, -0.15) is 0 Å². The maximum atomic E-state index is 14.1. The van der Waals surface area contributed by atoms with E-state index in [-0.39, 0.29) is 45.7 Å². The third-order valence-corrected chi connectivity index (χ3v) is 11.6. The van der Waals surface area contributed by atoms with Crippen LogP contribution in [-0.2, 0) is 28.5 Å². The molecule has 16 heteroatoms. The van der Waals surface area contributed by atoms with Crippen molar-refractivity contribution >= 4 is 40.7 Å². The maximum Gasteiger partial charge on any atom is 0.341 e. The summed E-state index contributed by atoms with van der Waals surface area (Å²) in [6.45, 7) is 6.82. The van der Waals surface area contributed by atoms with Gasteiger partial charge in [-0.05, 0) is 80.5 Å². The van der Waals surface area contributed by atoms with E-state index in [1.165, 1.54) is 19.2 Å². The number of nitrogens with one attached hydrogen (secondary N) is 1. The number of rotatable bonds is 6. The Balaban J connectivity index is 1.22. The number of allylic oxidation sites excluding steroid dienone is 2. The van der Waals surface area contributed by atoms with Crippen LogP contribution >= 0.6 is 11.6 Å². The predicted octanol–water partition coefficient (Wildman–Crippen LogP) is 4.67. The molecule has 3 aromatic rings. The first-order valence-corrected chi connectivity index (χ1v) is 19.3. The predicted molar refractivity (Wildman–Crippen MR) is 213 cm³/mol. The summed E-state index contributed by atoms with van der Waals surface area (Å²) in [6.07, 6.45) is -0.949. The number of methoxy groups -OCH3 is 1. The molecule has 6 bridgehead atoms. The van der Waals surface area contributed by atoms with Crippen LogP contribution in [0.5, 0.6) is 17.2 Å². The molecule has 6 heterocycles. The van der Waals surface area contributed by atoms with Crippen molar-refractivity contribution in [2.45, 2.75) is 74.3 Å². The fraction of sp³-hybridized carbons (Fsp3) is 0.372. The van der Waals surface area contributed by atoms with Crippen LogP contribution in [0.15, 0.2) is 79.1 Å². The lowest BCUT2D eigenvalue weighted by atomic mass is 9.86. The standard InChI is InChI=1S/C43H44ClN3O12/c1-20-39(51)46-34-26(16-23(53-6)17-31(34)55-20)40(52)57-32-19-54-33(48)18-29(45)21-10-12-30(28(44)15-21)56-38-24-11-9-22(32)14-25(24)27-8-7-13-43(27,38)59-41-36(50)35(49)37(47(4)5)42(2,3)58-41/h7-17,29,32,35-38,41,49-50H,1,18-19,45H2,2-6H3,(H,46,51)/t29-,32-,35-,36+,37-,38+,41-,43+/m0/s1. The van der Waals surface area contributed by atoms with E-state index >= 15 is 0 Å². The Morgan fingerprint density at radius 2 is 1.81 bits per heavy atom. The number of hydrogen-bond donors (Lipinski definition) is 4. The fourth-order valence-corrected chi connectivity index (χ4v) is 8.79. The van der Waals surface area contributed by atoms with E-state index in [0.29, 0.717) is 27.8 Å². The van der Waals surface area contributed by atoms with Crippen molar-refractivity contribution in [3.8, 4) is 17.2 Å². The lowest BCUT2D eigenvalue weighted by Gasteiger charge is -2.51. The first-order valence-electron chi connectivity index (χ1n) is 18.9. The summed E-state index contributed by atoms with van der Waals surface area (Å²) >= 11 is 6.82. The number of ether oxygens (including phenoxy) is 7. The van der Waals surface area contributed by atoms with Gasteiger partial charge < -0.3 is 59.3 Å². The first kappa shape index (κ1) is 40.5. The number of likely N-dealkylation sites (N-methyl/N-ethyl adjacent to an activating group) is 1. The number of carbonyl (C=O) groups excluding carboxylic acids is 3. The highest BCUT2D eigenvalue weighted by Crippen LogP contribution is 2.57. The molecule has 1 fully saturated rings. The molecule has 8 atom stereocenters. The van der Waals surface area contributed by atoms with Crippen LogP contribution in [0.3, 0.4) is 0 Å².